The lowest BCUT2D eigenvalue weighted by Crippen LogP contribution is -2.23. The van der Waals surface area contributed by atoms with Gasteiger partial charge in [-0.25, -0.2) is 0 Å². The fourth-order valence-electron chi connectivity index (χ4n) is 2.65. The monoisotopic (exact) mass is 219 g/mol. The Morgan fingerprint density at radius 2 is 1.94 bits per heavy atom. The first-order valence-corrected chi connectivity index (χ1v) is 6.23. The lowest BCUT2D eigenvalue weighted by molar-refractivity contribution is 0.308. The van der Waals surface area contributed by atoms with Crippen molar-refractivity contribution in [2.75, 3.05) is 0 Å². The Labute approximate surface area is 97.5 Å². The van der Waals surface area contributed by atoms with E-state index in [1.807, 2.05) is 19.1 Å². The molecule has 16 heavy (non-hydrogen) atoms. The maximum atomic E-state index is 9.50. The lowest BCUT2D eigenvalue weighted by atomic mass is 9.81. The van der Waals surface area contributed by atoms with Gasteiger partial charge in [-0.1, -0.05) is 31.4 Å². The van der Waals surface area contributed by atoms with Crippen molar-refractivity contribution in [3.8, 4) is 5.75 Å². The van der Waals surface area contributed by atoms with Crippen molar-refractivity contribution in [3.05, 3.63) is 29.3 Å². The Morgan fingerprint density at radius 1 is 1.25 bits per heavy atom. The van der Waals surface area contributed by atoms with Gasteiger partial charge in [-0.2, -0.15) is 0 Å². The molecular formula is C14H21NO. The number of hydrogen-bond acceptors (Lipinski definition) is 2. The van der Waals surface area contributed by atoms with E-state index in [9.17, 15) is 5.11 Å². The van der Waals surface area contributed by atoms with Gasteiger partial charge in [-0.05, 0) is 42.9 Å². The number of nitrogens with two attached hydrogens (primary N) is 1. The third-order valence-corrected chi connectivity index (χ3v) is 3.76. The number of phenolic OH excluding ortho intramolecular Hbond substituents is 1. The molecule has 0 bridgehead atoms. The molecule has 0 saturated heterocycles. The Hall–Kier alpha value is -1.02. The topological polar surface area (TPSA) is 46.2 Å². The first-order valence-electron chi connectivity index (χ1n) is 6.23. The van der Waals surface area contributed by atoms with Crippen molar-refractivity contribution >= 4 is 0 Å². The van der Waals surface area contributed by atoms with Gasteiger partial charge in [-0.15, -0.1) is 0 Å². The predicted molar refractivity (Wildman–Crippen MR) is 66.3 cm³/mol. The third kappa shape index (κ3) is 2.38. The molecule has 1 saturated carbocycles. The van der Waals surface area contributed by atoms with Crippen molar-refractivity contribution in [2.45, 2.75) is 45.1 Å². The minimum Gasteiger partial charge on any atom is -0.508 e. The molecule has 2 rings (SSSR count). The van der Waals surface area contributed by atoms with E-state index in [-0.39, 0.29) is 6.04 Å². The smallest absolute Gasteiger partial charge is 0.118 e. The minimum absolute atomic E-state index is 0.139. The predicted octanol–water partition coefficient (Wildman–Crippen LogP) is 3.28. The van der Waals surface area contributed by atoms with Crippen molar-refractivity contribution in [1.82, 2.24) is 0 Å². The van der Waals surface area contributed by atoms with Crippen LogP contribution in [-0.4, -0.2) is 5.11 Å². The van der Waals surface area contributed by atoms with Gasteiger partial charge in [0.05, 0.1) is 0 Å². The van der Waals surface area contributed by atoms with Gasteiger partial charge in [0, 0.05) is 6.04 Å². The molecule has 88 valence electrons. The first-order chi connectivity index (χ1) is 7.68. The molecule has 1 aromatic rings. The molecule has 0 aliphatic heterocycles. The maximum Gasteiger partial charge on any atom is 0.118 e. The Morgan fingerprint density at radius 3 is 2.56 bits per heavy atom. The number of benzene rings is 1. The highest BCUT2D eigenvalue weighted by atomic mass is 16.3. The van der Waals surface area contributed by atoms with Crippen molar-refractivity contribution in [2.24, 2.45) is 11.7 Å². The average Bonchev–Trinajstić information content (AvgIpc) is 2.33. The summed E-state index contributed by atoms with van der Waals surface area (Å²) in [7, 11) is 0. The zero-order chi connectivity index (χ0) is 11.5. The van der Waals surface area contributed by atoms with Gasteiger partial charge < -0.3 is 10.8 Å². The van der Waals surface area contributed by atoms with Crippen LogP contribution in [0.4, 0.5) is 0 Å². The Balaban J connectivity index is 2.12. The molecule has 0 aromatic heterocycles. The minimum atomic E-state index is 0.139. The molecule has 1 aliphatic carbocycles. The van der Waals surface area contributed by atoms with Crippen molar-refractivity contribution < 1.29 is 5.11 Å². The van der Waals surface area contributed by atoms with Gasteiger partial charge >= 0.3 is 0 Å². The quantitative estimate of drug-likeness (QED) is 0.801. The molecule has 1 aromatic carbocycles. The summed E-state index contributed by atoms with van der Waals surface area (Å²) >= 11 is 0. The van der Waals surface area contributed by atoms with Crippen LogP contribution in [0.1, 0.15) is 49.3 Å². The Kier molecular flexibility index (Phi) is 3.49. The molecule has 3 N–H and O–H groups in total. The molecule has 1 atom stereocenters. The molecule has 0 unspecified atom stereocenters. The summed E-state index contributed by atoms with van der Waals surface area (Å²) in [6, 6.07) is 5.88. The van der Waals surface area contributed by atoms with Crippen LogP contribution in [0.15, 0.2) is 18.2 Å². The summed E-state index contributed by atoms with van der Waals surface area (Å²) in [4.78, 5) is 0. The second-order valence-corrected chi connectivity index (χ2v) is 4.97. The highest BCUT2D eigenvalue weighted by molar-refractivity contribution is 5.36. The van der Waals surface area contributed by atoms with Gasteiger partial charge in [0.25, 0.3) is 0 Å². The number of aromatic hydroxyl groups is 1. The number of rotatable bonds is 2. The number of phenols is 1. The SMILES string of the molecule is Cc1cc([C@H](N)C2CCCCC2)ccc1O. The van der Waals surface area contributed by atoms with Gasteiger partial charge in [0.15, 0.2) is 0 Å². The van der Waals surface area contributed by atoms with E-state index in [4.69, 9.17) is 5.73 Å². The van der Waals surface area contributed by atoms with Crippen LogP contribution in [0.3, 0.4) is 0 Å². The molecule has 0 radical (unpaired) electrons. The lowest BCUT2D eigenvalue weighted by Gasteiger charge is -2.28. The first kappa shape index (κ1) is 11.5. The number of hydrogen-bond donors (Lipinski definition) is 2. The van der Waals surface area contributed by atoms with Gasteiger partial charge in [0.1, 0.15) is 5.75 Å². The zero-order valence-corrected chi connectivity index (χ0v) is 9.95. The molecule has 2 nitrogen and oxygen atoms in total. The Bertz CT molecular complexity index is 356. The van der Waals surface area contributed by atoms with Crippen molar-refractivity contribution in [1.29, 1.82) is 0 Å². The molecule has 0 heterocycles. The fraction of sp³-hybridized carbons (Fsp3) is 0.571. The molecule has 0 amide bonds. The largest absolute Gasteiger partial charge is 0.508 e. The van der Waals surface area contributed by atoms with Crippen LogP contribution in [0.25, 0.3) is 0 Å². The van der Waals surface area contributed by atoms with Gasteiger partial charge in [0.2, 0.25) is 0 Å². The summed E-state index contributed by atoms with van der Waals surface area (Å²) in [6.45, 7) is 1.92. The normalized spacial score (nSPS) is 19.6. The second kappa shape index (κ2) is 4.88. The molecule has 1 fully saturated rings. The van der Waals surface area contributed by atoms with Crippen LogP contribution in [-0.2, 0) is 0 Å². The molecule has 1 aliphatic rings. The van der Waals surface area contributed by atoms with E-state index in [1.165, 1.54) is 37.7 Å². The molecular weight excluding hydrogens is 198 g/mol. The summed E-state index contributed by atoms with van der Waals surface area (Å²) in [5.41, 5.74) is 8.40. The summed E-state index contributed by atoms with van der Waals surface area (Å²) in [5.74, 6) is 0.984. The maximum absolute atomic E-state index is 9.50. The van der Waals surface area contributed by atoms with Crippen LogP contribution in [0, 0.1) is 12.8 Å². The second-order valence-electron chi connectivity index (χ2n) is 4.97. The number of aryl methyl sites for hydroxylation is 1. The van der Waals surface area contributed by atoms with Crippen LogP contribution < -0.4 is 5.73 Å². The zero-order valence-electron chi connectivity index (χ0n) is 9.95. The van der Waals surface area contributed by atoms with E-state index in [2.05, 4.69) is 0 Å². The highest BCUT2D eigenvalue weighted by Gasteiger charge is 2.21. The molecule has 2 heteroatoms. The van der Waals surface area contributed by atoms with E-state index in [0.29, 0.717) is 11.7 Å². The summed E-state index contributed by atoms with van der Waals surface area (Å²) in [5, 5.41) is 9.50. The molecule has 0 spiro atoms. The van der Waals surface area contributed by atoms with Crippen LogP contribution in [0.2, 0.25) is 0 Å². The van der Waals surface area contributed by atoms with E-state index >= 15 is 0 Å². The highest BCUT2D eigenvalue weighted by Crippen LogP contribution is 2.33. The van der Waals surface area contributed by atoms with Gasteiger partial charge in [-0.3, -0.25) is 0 Å². The van der Waals surface area contributed by atoms with Crippen LogP contribution >= 0.6 is 0 Å². The third-order valence-electron chi connectivity index (χ3n) is 3.76. The standard InChI is InChI=1S/C14H21NO/c1-10-9-12(7-8-13(10)16)14(15)11-5-3-2-4-6-11/h7-9,11,14,16H,2-6,15H2,1H3/t14-/m1/s1. The van der Waals surface area contributed by atoms with E-state index < -0.39 is 0 Å². The van der Waals surface area contributed by atoms with E-state index in [0.717, 1.165) is 5.56 Å². The average molecular weight is 219 g/mol. The van der Waals surface area contributed by atoms with Crippen LogP contribution in [0.5, 0.6) is 5.75 Å². The van der Waals surface area contributed by atoms with E-state index in [1.54, 1.807) is 6.07 Å². The fourth-order valence-corrected chi connectivity index (χ4v) is 2.65. The summed E-state index contributed by atoms with van der Waals surface area (Å²) < 4.78 is 0. The van der Waals surface area contributed by atoms with Crippen molar-refractivity contribution in [3.63, 3.8) is 0 Å². The summed E-state index contributed by atoms with van der Waals surface area (Å²) in [6.07, 6.45) is 6.49.